The third-order valence-electron chi connectivity index (χ3n) is 8.47. The van der Waals surface area contributed by atoms with Gasteiger partial charge < -0.3 is 26.0 Å². The number of aryl methyl sites for hydroxylation is 1. The number of amidine groups is 1. The highest BCUT2D eigenvalue weighted by Crippen LogP contribution is 2.42. The third-order valence-corrected chi connectivity index (χ3v) is 8.47. The van der Waals surface area contributed by atoms with Crippen LogP contribution in [0.1, 0.15) is 68.1 Å². The van der Waals surface area contributed by atoms with E-state index in [9.17, 15) is 9.90 Å². The van der Waals surface area contributed by atoms with Crippen LogP contribution in [0.5, 0.6) is 0 Å². The van der Waals surface area contributed by atoms with Crippen molar-refractivity contribution in [3.05, 3.63) is 65.6 Å². The molecule has 2 fully saturated rings. The maximum Gasteiger partial charge on any atom is 0.258 e. The number of amides is 1. The Kier molecular flexibility index (Phi) is 9.22. The molecule has 2 aromatic rings. The van der Waals surface area contributed by atoms with Crippen LogP contribution in [0.3, 0.4) is 0 Å². The number of aliphatic hydroxyl groups is 1. The average Bonchev–Trinajstić information content (AvgIpc) is 2.94. The molecule has 0 saturated carbocycles. The second kappa shape index (κ2) is 12.5. The van der Waals surface area contributed by atoms with Crippen LogP contribution in [-0.2, 0) is 0 Å². The second-order valence-corrected chi connectivity index (χ2v) is 12.7. The SMILES string of the molecule is Cc1ncc(C(=O)NC(=N)/C=C(\O)C(C)(C)C)cc1N(N)/C=C(\N)c1cncc(N2CCC3(CCN(C)CC3)CC2)c1. The number of hydrazine groups is 1. The molecule has 0 unspecified atom stereocenters. The Balaban J connectivity index is 1.44. The van der Waals surface area contributed by atoms with Crippen LogP contribution in [-0.4, -0.2) is 64.9 Å². The zero-order valence-electron chi connectivity index (χ0n) is 25.4. The fraction of sp³-hybridized carbons (Fsp3) is 0.484. The largest absolute Gasteiger partial charge is 0.512 e. The van der Waals surface area contributed by atoms with Gasteiger partial charge >= 0.3 is 0 Å². The van der Waals surface area contributed by atoms with E-state index in [0.29, 0.717) is 22.5 Å². The molecule has 0 aromatic carbocycles. The highest BCUT2D eigenvalue weighted by atomic mass is 16.3. The highest BCUT2D eigenvalue weighted by molar-refractivity contribution is 6.09. The molecule has 0 aliphatic carbocycles. The molecule has 42 heavy (non-hydrogen) atoms. The summed E-state index contributed by atoms with van der Waals surface area (Å²) in [7, 11) is 2.21. The van der Waals surface area contributed by atoms with E-state index in [1.54, 1.807) is 25.4 Å². The number of aromatic nitrogens is 2. The summed E-state index contributed by atoms with van der Waals surface area (Å²) in [5.41, 5.74) is 9.90. The van der Waals surface area contributed by atoms with Gasteiger partial charge in [-0.2, -0.15) is 0 Å². The van der Waals surface area contributed by atoms with Gasteiger partial charge in [0.25, 0.3) is 5.91 Å². The van der Waals surface area contributed by atoms with E-state index < -0.39 is 11.3 Å². The zero-order valence-corrected chi connectivity index (χ0v) is 25.4. The Labute approximate surface area is 248 Å². The molecular formula is C31H45N9O2. The van der Waals surface area contributed by atoms with Gasteiger partial charge in [0.15, 0.2) is 0 Å². The fourth-order valence-electron chi connectivity index (χ4n) is 5.38. The number of rotatable bonds is 6. The Morgan fingerprint density at radius 3 is 2.38 bits per heavy atom. The fourth-order valence-corrected chi connectivity index (χ4v) is 5.38. The maximum absolute atomic E-state index is 12.8. The number of likely N-dealkylation sites (tertiary alicyclic amines) is 1. The van der Waals surface area contributed by atoms with E-state index in [4.69, 9.17) is 17.0 Å². The number of nitrogens with one attached hydrogen (secondary N) is 2. The van der Waals surface area contributed by atoms with Crippen LogP contribution in [0.2, 0.25) is 0 Å². The summed E-state index contributed by atoms with van der Waals surface area (Å²) in [6, 6.07) is 3.63. The van der Waals surface area contributed by atoms with Crippen molar-refractivity contribution in [2.24, 2.45) is 22.4 Å². The van der Waals surface area contributed by atoms with E-state index in [-0.39, 0.29) is 17.2 Å². The first-order valence-corrected chi connectivity index (χ1v) is 14.4. The van der Waals surface area contributed by atoms with E-state index in [1.807, 2.05) is 33.0 Å². The van der Waals surface area contributed by atoms with Gasteiger partial charge in [-0.3, -0.25) is 25.2 Å². The molecule has 1 spiro atoms. The first-order chi connectivity index (χ1) is 19.8. The van der Waals surface area contributed by atoms with E-state index in [1.165, 1.54) is 56.1 Å². The summed E-state index contributed by atoms with van der Waals surface area (Å²) in [4.78, 5) is 26.4. The number of aliphatic hydroxyl groups excluding tert-OH is 1. The van der Waals surface area contributed by atoms with Gasteiger partial charge in [0, 0.05) is 48.7 Å². The molecule has 4 heterocycles. The summed E-state index contributed by atoms with van der Waals surface area (Å²) < 4.78 is 0. The van der Waals surface area contributed by atoms with Crippen LogP contribution in [0, 0.1) is 23.2 Å². The zero-order chi connectivity index (χ0) is 30.7. The summed E-state index contributed by atoms with van der Waals surface area (Å²) in [6.07, 6.45) is 12.7. The number of hydrogen-bond acceptors (Lipinski definition) is 10. The molecule has 2 aliphatic heterocycles. The minimum Gasteiger partial charge on any atom is -0.512 e. The van der Waals surface area contributed by atoms with Crippen LogP contribution in [0.25, 0.3) is 5.70 Å². The van der Waals surface area contributed by atoms with Gasteiger partial charge in [-0.05, 0) is 70.3 Å². The highest BCUT2D eigenvalue weighted by Gasteiger charge is 2.37. The van der Waals surface area contributed by atoms with Crippen molar-refractivity contribution in [2.75, 3.05) is 43.1 Å². The van der Waals surface area contributed by atoms with Crippen LogP contribution >= 0.6 is 0 Å². The molecule has 0 radical (unpaired) electrons. The number of carbonyl (C=O) groups is 1. The van der Waals surface area contributed by atoms with Gasteiger partial charge in [0.05, 0.1) is 34.5 Å². The van der Waals surface area contributed by atoms with Crippen molar-refractivity contribution in [3.63, 3.8) is 0 Å². The predicted octanol–water partition coefficient (Wildman–Crippen LogP) is 3.93. The number of pyridine rings is 2. The number of nitrogens with zero attached hydrogens (tertiary/aromatic N) is 5. The lowest BCUT2D eigenvalue weighted by molar-refractivity contribution is 0.0944. The lowest BCUT2D eigenvalue weighted by Gasteiger charge is -2.46. The Morgan fingerprint density at radius 1 is 1.10 bits per heavy atom. The van der Waals surface area contributed by atoms with E-state index in [0.717, 1.165) is 24.3 Å². The van der Waals surface area contributed by atoms with Gasteiger partial charge in [-0.15, -0.1) is 0 Å². The quantitative estimate of drug-likeness (QED) is 0.113. The van der Waals surface area contributed by atoms with Crippen molar-refractivity contribution in [1.29, 1.82) is 5.41 Å². The summed E-state index contributed by atoms with van der Waals surface area (Å²) in [6.45, 7) is 11.6. The van der Waals surface area contributed by atoms with Crippen molar-refractivity contribution in [2.45, 2.75) is 53.4 Å². The van der Waals surface area contributed by atoms with Crippen LogP contribution < -0.4 is 26.8 Å². The topological polar surface area (TPSA) is 161 Å². The summed E-state index contributed by atoms with van der Waals surface area (Å²) >= 11 is 0. The molecule has 0 bridgehead atoms. The van der Waals surface area contributed by atoms with Crippen LogP contribution in [0.4, 0.5) is 11.4 Å². The Hall–Kier alpha value is -3.96. The molecular weight excluding hydrogens is 530 g/mol. The minimum atomic E-state index is -0.544. The molecule has 11 nitrogen and oxygen atoms in total. The van der Waals surface area contributed by atoms with Crippen molar-refractivity contribution in [1.82, 2.24) is 20.2 Å². The van der Waals surface area contributed by atoms with E-state index in [2.05, 4.69) is 32.1 Å². The van der Waals surface area contributed by atoms with Crippen molar-refractivity contribution >= 4 is 28.8 Å². The number of piperidine rings is 2. The Bertz CT molecular complexity index is 1360. The first kappa shape index (κ1) is 31.0. The summed E-state index contributed by atoms with van der Waals surface area (Å²) in [5, 5.41) is 22.0. The Morgan fingerprint density at radius 2 is 1.74 bits per heavy atom. The molecule has 2 aromatic heterocycles. The number of allylic oxidation sites excluding steroid dienone is 1. The van der Waals surface area contributed by atoms with Gasteiger partial charge in [-0.25, -0.2) is 5.84 Å². The summed E-state index contributed by atoms with van der Waals surface area (Å²) in [5.74, 6) is 5.59. The maximum atomic E-state index is 12.8. The van der Waals surface area contributed by atoms with Crippen molar-refractivity contribution in [3.8, 4) is 0 Å². The minimum absolute atomic E-state index is 0.00992. The number of carbonyl (C=O) groups excluding carboxylic acids is 1. The molecule has 0 atom stereocenters. The normalized spacial score (nSPS) is 18.2. The van der Waals surface area contributed by atoms with Gasteiger partial charge in [0.2, 0.25) is 0 Å². The molecule has 4 rings (SSSR count). The first-order valence-electron chi connectivity index (χ1n) is 14.4. The number of anilines is 2. The molecule has 11 heteroatoms. The molecule has 226 valence electrons. The van der Waals surface area contributed by atoms with Gasteiger partial charge in [-0.1, -0.05) is 20.8 Å². The third kappa shape index (κ3) is 7.46. The molecule has 2 saturated heterocycles. The van der Waals surface area contributed by atoms with Crippen molar-refractivity contribution < 1.29 is 9.90 Å². The van der Waals surface area contributed by atoms with E-state index >= 15 is 0 Å². The standard InChI is InChI=1S/C31H45N9O2/c1-21-26(15-23(18-36-21)29(42)37-28(33)16-27(41)30(2,3)4)40(34)20-25(32)22-14-24(19-35-17-22)39-12-8-31(9-13-39)6-10-38(5)11-7-31/h14-20,41H,6-13,32,34H2,1-5H3,(H2,33,37,42)/b25-20-,27-16-. The molecule has 2 aliphatic rings. The second-order valence-electron chi connectivity index (χ2n) is 12.7. The monoisotopic (exact) mass is 575 g/mol. The smallest absolute Gasteiger partial charge is 0.258 e. The predicted molar refractivity (Wildman–Crippen MR) is 168 cm³/mol. The average molecular weight is 576 g/mol. The molecule has 1 amide bonds. The van der Waals surface area contributed by atoms with Gasteiger partial charge in [0.1, 0.15) is 11.6 Å². The molecule has 7 N–H and O–H groups in total. The lowest BCUT2D eigenvalue weighted by atomic mass is 9.71. The number of nitrogens with two attached hydrogens (primary N) is 2. The lowest BCUT2D eigenvalue weighted by Crippen LogP contribution is -2.46. The number of hydrogen-bond donors (Lipinski definition) is 5. The van der Waals surface area contributed by atoms with Crippen LogP contribution in [0.15, 0.2) is 48.8 Å².